The maximum atomic E-state index is 8.55. The van der Waals surface area contributed by atoms with Gasteiger partial charge in [0.05, 0.1) is 19.8 Å². The number of rotatable bonds is 6. The fourth-order valence-electron chi connectivity index (χ4n) is 2.70. The lowest BCUT2D eigenvalue weighted by atomic mass is 9.94. The van der Waals surface area contributed by atoms with E-state index in [4.69, 9.17) is 9.84 Å². The zero-order valence-corrected chi connectivity index (χ0v) is 9.32. The number of nitrogens with zero attached hydrogens (tertiary/aromatic N) is 1. The first kappa shape index (κ1) is 11.3. The first-order valence-electron chi connectivity index (χ1n) is 6.04. The molecule has 2 rings (SSSR count). The van der Waals surface area contributed by atoms with Crippen LogP contribution in [-0.2, 0) is 4.74 Å². The highest BCUT2D eigenvalue weighted by molar-refractivity contribution is 4.90. The minimum Gasteiger partial charge on any atom is -0.394 e. The van der Waals surface area contributed by atoms with Gasteiger partial charge in [-0.3, -0.25) is 0 Å². The number of hydrogen-bond donors (Lipinski definition) is 2. The molecule has 0 aromatic rings. The summed E-state index contributed by atoms with van der Waals surface area (Å²) in [6.07, 6.45) is 2.64. The molecule has 2 aliphatic heterocycles. The number of nitrogens with one attached hydrogen (secondary N) is 1. The van der Waals surface area contributed by atoms with E-state index in [2.05, 4.69) is 10.2 Å². The molecule has 0 aromatic carbocycles. The van der Waals surface area contributed by atoms with Crippen LogP contribution in [0.4, 0.5) is 0 Å². The number of aliphatic hydroxyl groups is 1. The zero-order chi connectivity index (χ0) is 10.5. The van der Waals surface area contributed by atoms with Crippen molar-refractivity contribution in [2.75, 3.05) is 46.0 Å². The highest BCUT2D eigenvalue weighted by Crippen LogP contribution is 2.26. The molecule has 2 bridgehead atoms. The van der Waals surface area contributed by atoms with Crippen molar-refractivity contribution in [2.45, 2.75) is 18.9 Å². The second-order valence-corrected chi connectivity index (χ2v) is 4.53. The SMILES string of the molecule is OCCOCCNC1CCN2CCC1C2. The third kappa shape index (κ3) is 3.14. The normalized spacial score (nSPS) is 34.6. The van der Waals surface area contributed by atoms with Crippen molar-refractivity contribution in [1.29, 1.82) is 0 Å². The molecular weight excluding hydrogens is 192 g/mol. The number of hydrogen-bond acceptors (Lipinski definition) is 4. The summed E-state index contributed by atoms with van der Waals surface area (Å²) in [5, 5.41) is 12.1. The van der Waals surface area contributed by atoms with Gasteiger partial charge in [-0.2, -0.15) is 0 Å². The van der Waals surface area contributed by atoms with E-state index in [-0.39, 0.29) is 6.61 Å². The van der Waals surface area contributed by atoms with Gasteiger partial charge >= 0.3 is 0 Å². The van der Waals surface area contributed by atoms with E-state index < -0.39 is 0 Å². The fourth-order valence-corrected chi connectivity index (χ4v) is 2.70. The number of ether oxygens (including phenoxy) is 1. The van der Waals surface area contributed by atoms with Gasteiger partial charge in [-0.1, -0.05) is 0 Å². The molecular formula is C11H22N2O2. The van der Waals surface area contributed by atoms with Crippen LogP contribution >= 0.6 is 0 Å². The Morgan fingerprint density at radius 3 is 3.00 bits per heavy atom. The van der Waals surface area contributed by atoms with Gasteiger partial charge in [-0.05, 0) is 31.8 Å². The highest BCUT2D eigenvalue weighted by Gasteiger charge is 2.33. The molecule has 2 aliphatic rings. The Hall–Kier alpha value is -0.160. The van der Waals surface area contributed by atoms with E-state index in [0.29, 0.717) is 19.3 Å². The van der Waals surface area contributed by atoms with Gasteiger partial charge in [0.2, 0.25) is 0 Å². The summed E-state index contributed by atoms with van der Waals surface area (Å²) in [4.78, 5) is 2.56. The van der Waals surface area contributed by atoms with E-state index in [0.717, 1.165) is 12.5 Å². The largest absolute Gasteiger partial charge is 0.394 e. The molecule has 4 heteroatoms. The van der Waals surface area contributed by atoms with Crippen LogP contribution in [0.3, 0.4) is 0 Å². The van der Waals surface area contributed by atoms with Gasteiger partial charge < -0.3 is 20.1 Å². The smallest absolute Gasteiger partial charge is 0.0698 e. The van der Waals surface area contributed by atoms with Crippen molar-refractivity contribution in [3.8, 4) is 0 Å². The maximum absolute atomic E-state index is 8.55. The molecule has 2 heterocycles. The van der Waals surface area contributed by atoms with E-state index in [1.54, 1.807) is 0 Å². The zero-order valence-electron chi connectivity index (χ0n) is 9.32. The Kier molecular flexibility index (Phi) is 4.38. The molecule has 0 saturated carbocycles. The summed E-state index contributed by atoms with van der Waals surface area (Å²) in [5.74, 6) is 0.858. The van der Waals surface area contributed by atoms with Crippen LogP contribution in [0.25, 0.3) is 0 Å². The average Bonchev–Trinajstić information content (AvgIpc) is 2.64. The second kappa shape index (κ2) is 5.80. The van der Waals surface area contributed by atoms with E-state index >= 15 is 0 Å². The lowest BCUT2D eigenvalue weighted by Gasteiger charge is -2.31. The van der Waals surface area contributed by atoms with Gasteiger partial charge in [0, 0.05) is 19.1 Å². The molecule has 2 fully saturated rings. The van der Waals surface area contributed by atoms with Crippen molar-refractivity contribution < 1.29 is 9.84 Å². The van der Waals surface area contributed by atoms with Gasteiger partial charge in [-0.25, -0.2) is 0 Å². The summed E-state index contributed by atoms with van der Waals surface area (Å²) in [6, 6.07) is 0.696. The van der Waals surface area contributed by atoms with Crippen LogP contribution in [-0.4, -0.2) is 62.0 Å². The highest BCUT2D eigenvalue weighted by atomic mass is 16.5. The molecule has 0 aliphatic carbocycles. The maximum Gasteiger partial charge on any atom is 0.0698 e. The Morgan fingerprint density at radius 2 is 2.13 bits per heavy atom. The monoisotopic (exact) mass is 214 g/mol. The third-order valence-electron chi connectivity index (χ3n) is 3.52. The predicted molar refractivity (Wildman–Crippen MR) is 58.9 cm³/mol. The molecule has 0 aromatic heterocycles. The van der Waals surface area contributed by atoms with Crippen LogP contribution < -0.4 is 5.32 Å². The Balaban J connectivity index is 1.58. The van der Waals surface area contributed by atoms with Crippen molar-refractivity contribution in [3.63, 3.8) is 0 Å². The molecule has 15 heavy (non-hydrogen) atoms. The molecule has 2 saturated heterocycles. The van der Waals surface area contributed by atoms with E-state index in [9.17, 15) is 0 Å². The molecule has 0 radical (unpaired) electrons. The first-order valence-corrected chi connectivity index (χ1v) is 6.04. The molecule has 3 atom stereocenters. The molecule has 4 nitrogen and oxygen atoms in total. The lowest BCUT2D eigenvalue weighted by molar-refractivity contribution is 0.0897. The number of piperidine rings is 1. The van der Waals surface area contributed by atoms with E-state index in [1.165, 1.54) is 32.5 Å². The Morgan fingerprint density at radius 1 is 1.27 bits per heavy atom. The quantitative estimate of drug-likeness (QED) is 0.595. The first-order chi connectivity index (χ1) is 7.40. The van der Waals surface area contributed by atoms with Crippen molar-refractivity contribution in [3.05, 3.63) is 0 Å². The molecule has 0 spiro atoms. The number of fused-ring (bicyclic) bond motifs is 2. The predicted octanol–water partition coefficient (Wildman–Crippen LogP) is -0.321. The fraction of sp³-hybridized carbons (Fsp3) is 1.00. The van der Waals surface area contributed by atoms with Crippen LogP contribution in [0.2, 0.25) is 0 Å². The standard InChI is InChI=1S/C11H22N2O2/c14-6-8-15-7-3-12-11-2-5-13-4-1-10(11)9-13/h10-12,14H,1-9H2. The average molecular weight is 214 g/mol. The topological polar surface area (TPSA) is 44.7 Å². The van der Waals surface area contributed by atoms with Crippen LogP contribution in [0.1, 0.15) is 12.8 Å². The minimum atomic E-state index is 0.126. The third-order valence-corrected chi connectivity index (χ3v) is 3.52. The summed E-state index contributed by atoms with van der Waals surface area (Å²) in [7, 11) is 0. The van der Waals surface area contributed by atoms with E-state index in [1.807, 2.05) is 0 Å². The summed E-state index contributed by atoms with van der Waals surface area (Å²) >= 11 is 0. The van der Waals surface area contributed by atoms with Crippen LogP contribution in [0, 0.1) is 5.92 Å². The number of aliphatic hydroxyl groups excluding tert-OH is 1. The Bertz CT molecular complexity index is 189. The van der Waals surface area contributed by atoms with Crippen molar-refractivity contribution >= 4 is 0 Å². The molecule has 2 N–H and O–H groups in total. The van der Waals surface area contributed by atoms with Crippen LogP contribution in [0.15, 0.2) is 0 Å². The Labute approximate surface area is 91.6 Å². The second-order valence-electron chi connectivity index (χ2n) is 4.53. The van der Waals surface area contributed by atoms with Gasteiger partial charge in [-0.15, -0.1) is 0 Å². The summed E-state index contributed by atoms with van der Waals surface area (Å²) < 4.78 is 5.23. The van der Waals surface area contributed by atoms with Crippen LogP contribution in [0.5, 0.6) is 0 Å². The molecule has 0 amide bonds. The van der Waals surface area contributed by atoms with Gasteiger partial charge in [0.25, 0.3) is 0 Å². The van der Waals surface area contributed by atoms with Crippen molar-refractivity contribution in [1.82, 2.24) is 10.2 Å². The molecule has 88 valence electrons. The van der Waals surface area contributed by atoms with Crippen molar-refractivity contribution in [2.24, 2.45) is 5.92 Å². The molecule has 3 unspecified atom stereocenters. The van der Waals surface area contributed by atoms with Gasteiger partial charge in [0.15, 0.2) is 0 Å². The summed E-state index contributed by atoms with van der Waals surface area (Å²) in [5.41, 5.74) is 0. The summed E-state index contributed by atoms with van der Waals surface area (Å²) in [6.45, 7) is 6.06. The minimum absolute atomic E-state index is 0.126. The lowest BCUT2D eigenvalue weighted by Crippen LogP contribution is -2.44. The van der Waals surface area contributed by atoms with Gasteiger partial charge in [0.1, 0.15) is 0 Å².